The smallest absolute Gasteiger partial charge is 0.253 e. The fourth-order valence-corrected chi connectivity index (χ4v) is 1.73. The van der Waals surface area contributed by atoms with Gasteiger partial charge in [0.25, 0.3) is 5.91 Å². The first-order chi connectivity index (χ1) is 8.60. The van der Waals surface area contributed by atoms with E-state index in [4.69, 9.17) is 5.73 Å². The lowest BCUT2D eigenvalue weighted by molar-refractivity contribution is 0.0952. The predicted octanol–water partition coefficient (Wildman–Crippen LogP) is 2.37. The zero-order chi connectivity index (χ0) is 13.1. The molecule has 1 fully saturated rings. The third-order valence-corrected chi connectivity index (χ3v) is 3.22. The summed E-state index contributed by atoms with van der Waals surface area (Å²) < 4.78 is 0. The molecule has 1 aromatic carbocycles. The van der Waals surface area contributed by atoms with Crippen LogP contribution in [0.25, 0.3) is 0 Å². The number of rotatable bonds is 5. The summed E-state index contributed by atoms with van der Waals surface area (Å²) >= 11 is 0. The van der Waals surface area contributed by atoms with Gasteiger partial charge in [-0.05, 0) is 44.4 Å². The van der Waals surface area contributed by atoms with Crippen molar-refractivity contribution in [3.63, 3.8) is 0 Å². The number of nitrogen functional groups attached to an aromatic ring is 1. The summed E-state index contributed by atoms with van der Waals surface area (Å²) in [6.45, 7) is 4.21. The molecule has 1 aliphatic carbocycles. The summed E-state index contributed by atoms with van der Waals surface area (Å²) in [6.07, 6.45) is 3.18. The molecule has 0 radical (unpaired) electrons. The number of carbonyl (C=O) groups excluding carboxylic acids is 1. The lowest BCUT2D eigenvalue weighted by Gasteiger charge is -2.17. The van der Waals surface area contributed by atoms with Gasteiger partial charge in [-0.2, -0.15) is 0 Å². The molecule has 0 aliphatic heterocycles. The van der Waals surface area contributed by atoms with Crippen LogP contribution in [-0.2, 0) is 0 Å². The van der Waals surface area contributed by atoms with Crippen LogP contribution in [0.15, 0.2) is 18.2 Å². The van der Waals surface area contributed by atoms with Crippen LogP contribution < -0.4 is 16.4 Å². The Morgan fingerprint density at radius 2 is 2.22 bits per heavy atom. The van der Waals surface area contributed by atoms with Gasteiger partial charge in [-0.25, -0.2) is 0 Å². The van der Waals surface area contributed by atoms with Crippen LogP contribution in [0.2, 0.25) is 0 Å². The minimum atomic E-state index is -0.0318. The average molecular weight is 247 g/mol. The molecule has 98 valence electrons. The molecule has 0 aromatic heterocycles. The molecule has 4 N–H and O–H groups in total. The molecule has 0 heterocycles. The van der Waals surface area contributed by atoms with Crippen LogP contribution in [0.4, 0.5) is 11.4 Å². The van der Waals surface area contributed by atoms with Crippen molar-refractivity contribution in [3.8, 4) is 0 Å². The first kappa shape index (κ1) is 12.7. The lowest BCUT2D eigenvalue weighted by Crippen LogP contribution is -2.27. The second-order valence-corrected chi connectivity index (χ2v) is 5.01. The number of carbonyl (C=O) groups is 1. The molecule has 0 spiro atoms. The normalized spacial score (nSPS) is 16.1. The Bertz CT molecular complexity index is 441. The maximum Gasteiger partial charge on any atom is 0.253 e. The van der Waals surface area contributed by atoms with Gasteiger partial charge in [-0.3, -0.25) is 4.79 Å². The maximum absolute atomic E-state index is 12.1. The Balaban J connectivity index is 2.18. The van der Waals surface area contributed by atoms with E-state index in [2.05, 4.69) is 24.5 Å². The molecular weight excluding hydrogens is 226 g/mol. The summed E-state index contributed by atoms with van der Waals surface area (Å²) in [5, 5.41) is 6.34. The highest BCUT2D eigenvalue weighted by Crippen LogP contribution is 2.23. The Morgan fingerprint density at radius 1 is 1.50 bits per heavy atom. The van der Waals surface area contributed by atoms with Gasteiger partial charge in [0.2, 0.25) is 0 Å². The number of anilines is 2. The molecule has 4 heteroatoms. The number of benzene rings is 1. The molecule has 18 heavy (non-hydrogen) atoms. The predicted molar refractivity (Wildman–Crippen MR) is 74.7 cm³/mol. The van der Waals surface area contributed by atoms with Crippen LogP contribution in [0, 0.1) is 0 Å². The minimum Gasteiger partial charge on any atom is -0.399 e. The van der Waals surface area contributed by atoms with E-state index in [1.807, 2.05) is 12.1 Å². The van der Waals surface area contributed by atoms with Crippen LogP contribution in [0.5, 0.6) is 0 Å². The molecule has 1 unspecified atom stereocenters. The summed E-state index contributed by atoms with van der Waals surface area (Å²) in [5.41, 5.74) is 7.88. The zero-order valence-corrected chi connectivity index (χ0v) is 11.0. The molecule has 1 aliphatic rings. The molecule has 1 aromatic rings. The largest absolute Gasteiger partial charge is 0.399 e. The van der Waals surface area contributed by atoms with Gasteiger partial charge in [0.05, 0.1) is 5.56 Å². The fourth-order valence-electron chi connectivity index (χ4n) is 1.73. The summed E-state index contributed by atoms with van der Waals surface area (Å²) in [7, 11) is 0. The SMILES string of the molecule is CCC(C)Nc1ccc(N)cc1C(=O)NC1CC1. The van der Waals surface area contributed by atoms with Crippen molar-refractivity contribution in [1.29, 1.82) is 0 Å². The van der Waals surface area contributed by atoms with Gasteiger partial charge in [-0.1, -0.05) is 6.92 Å². The van der Waals surface area contributed by atoms with Crippen molar-refractivity contribution in [3.05, 3.63) is 23.8 Å². The van der Waals surface area contributed by atoms with Gasteiger partial charge in [0.1, 0.15) is 0 Å². The first-order valence-corrected chi connectivity index (χ1v) is 6.57. The summed E-state index contributed by atoms with van der Waals surface area (Å²) in [6, 6.07) is 6.13. The second kappa shape index (κ2) is 5.29. The van der Waals surface area contributed by atoms with E-state index >= 15 is 0 Å². The van der Waals surface area contributed by atoms with E-state index in [0.29, 0.717) is 23.3 Å². The highest BCUT2D eigenvalue weighted by Gasteiger charge is 2.25. The summed E-state index contributed by atoms with van der Waals surface area (Å²) in [5.74, 6) is -0.0318. The highest BCUT2D eigenvalue weighted by atomic mass is 16.1. The maximum atomic E-state index is 12.1. The Kier molecular flexibility index (Phi) is 3.75. The van der Waals surface area contributed by atoms with Crippen molar-refractivity contribution in [2.45, 2.75) is 45.2 Å². The standard InChI is InChI=1S/C14H21N3O/c1-3-9(2)16-13-7-4-10(15)8-12(13)14(18)17-11-5-6-11/h4,7-9,11,16H,3,5-6,15H2,1-2H3,(H,17,18). The van der Waals surface area contributed by atoms with E-state index in [1.165, 1.54) is 0 Å². The van der Waals surface area contributed by atoms with E-state index in [0.717, 1.165) is 24.9 Å². The highest BCUT2D eigenvalue weighted by molar-refractivity contribution is 6.00. The van der Waals surface area contributed by atoms with Crippen molar-refractivity contribution in [2.75, 3.05) is 11.1 Å². The van der Waals surface area contributed by atoms with E-state index in [-0.39, 0.29) is 5.91 Å². The third kappa shape index (κ3) is 3.15. The minimum absolute atomic E-state index is 0.0318. The molecular formula is C14H21N3O. The van der Waals surface area contributed by atoms with Crippen molar-refractivity contribution < 1.29 is 4.79 Å². The summed E-state index contributed by atoms with van der Waals surface area (Å²) in [4.78, 5) is 12.1. The molecule has 1 saturated carbocycles. The number of hydrogen-bond acceptors (Lipinski definition) is 3. The zero-order valence-electron chi connectivity index (χ0n) is 11.0. The van der Waals surface area contributed by atoms with E-state index in [9.17, 15) is 4.79 Å². The number of hydrogen-bond donors (Lipinski definition) is 3. The molecule has 2 rings (SSSR count). The van der Waals surface area contributed by atoms with Gasteiger partial charge in [0, 0.05) is 23.5 Å². The van der Waals surface area contributed by atoms with Crippen LogP contribution in [-0.4, -0.2) is 18.0 Å². The van der Waals surface area contributed by atoms with Gasteiger partial charge in [-0.15, -0.1) is 0 Å². The Hall–Kier alpha value is -1.71. The van der Waals surface area contributed by atoms with Crippen LogP contribution in [0.3, 0.4) is 0 Å². The Labute approximate surface area is 108 Å². The van der Waals surface area contributed by atoms with E-state index in [1.54, 1.807) is 6.07 Å². The topological polar surface area (TPSA) is 67.1 Å². The fraction of sp³-hybridized carbons (Fsp3) is 0.500. The third-order valence-electron chi connectivity index (χ3n) is 3.22. The average Bonchev–Trinajstić information content (AvgIpc) is 3.15. The van der Waals surface area contributed by atoms with Gasteiger partial charge >= 0.3 is 0 Å². The van der Waals surface area contributed by atoms with E-state index < -0.39 is 0 Å². The number of nitrogens with two attached hydrogens (primary N) is 1. The molecule has 1 amide bonds. The molecule has 0 saturated heterocycles. The van der Waals surface area contributed by atoms with Crippen molar-refractivity contribution in [2.24, 2.45) is 0 Å². The molecule has 1 atom stereocenters. The first-order valence-electron chi connectivity index (χ1n) is 6.57. The second-order valence-electron chi connectivity index (χ2n) is 5.01. The number of amides is 1. The molecule has 4 nitrogen and oxygen atoms in total. The van der Waals surface area contributed by atoms with Gasteiger partial charge < -0.3 is 16.4 Å². The monoisotopic (exact) mass is 247 g/mol. The van der Waals surface area contributed by atoms with Crippen molar-refractivity contribution >= 4 is 17.3 Å². The van der Waals surface area contributed by atoms with Crippen LogP contribution >= 0.6 is 0 Å². The lowest BCUT2D eigenvalue weighted by atomic mass is 10.1. The molecule has 0 bridgehead atoms. The number of nitrogens with one attached hydrogen (secondary N) is 2. The van der Waals surface area contributed by atoms with Gasteiger partial charge in [0.15, 0.2) is 0 Å². The van der Waals surface area contributed by atoms with Crippen molar-refractivity contribution in [1.82, 2.24) is 5.32 Å². The Morgan fingerprint density at radius 3 is 2.83 bits per heavy atom. The van der Waals surface area contributed by atoms with Crippen LogP contribution in [0.1, 0.15) is 43.5 Å². The quantitative estimate of drug-likeness (QED) is 0.700.